The van der Waals surface area contributed by atoms with Crippen LogP contribution in [0.2, 0.25) is 0 Å². The smallest absolute Gasteiger partial charge is 0.314 e. The molecule has 3 amide bonds. The molecule has 4 rings (SSSR count). The van der Waals surface area contributed by atoms with E-state index in [9.17, 15) is 9.59 Å². The third-order valence-electron chi connectivity index (χ3n) is 6.63. The van der Waals surface area contributed by atoms with Gasteiger partial charge in [0.25, 0.3) is 0 Å². The third-order valence-corrected chi connectivity index (χ3v) is 6.63. The van der Waals surface area contributed by atoms with Crippen LogP contribution in [0, 0.1) is 17.3 Å². The van der Waals surface area contributed by atoms with Crippen LogP contribution >= 0.6 is 0 Å². The molecule has 1 aromatic rings. The zero-order valence-electron chi connectivity index (χ0n) is 14.6. The van der Waals surface area contributed by atoms with E-state index in [1.807, 2.05) is 6.07 Å². The van der Waals surface area contributed by atoms with Crippen LogP contribution in [0.3, 0.4) is 0 Å². The molecule has 0 aromatic heterocycles. The highest BCUT2D eigenvalue weighted by atomic mass is 16.2. The Hall–Kier alpha value is -2.04. The van der Waals surface area contributed by atoms with Gasteiger partial charge in [0.2, 0.25) is 5.91 Å². The van der Waals surface area contributed by atoms with Gasteiger partial charge in [-0.25, -0.2) is 4.79 Å². The van der Waals surface area contributed by atoms with Gasteiger partial charge in [-0.3, -0.25) is 4.79 Å². The van der Waals surface area contributed by atoms with Gasteiger partial charge in [0.15, 0.2) is 0 Å². The Morgan fingerprint density at radius 3 is 2.60 bits per heavy atom. The maximum atomic E-state index is 13.3. The number of carbonyl (C=O) groups is 2. The number of urea groups is 1. The number of hydrogen-bond donors (Lipinski definition) is 2. The second kappa shape index (κ2) is 6.36. The number of nitrogens with zero attached hydrogens (tertiary/aromatic N) is 1. The van der Waals surface area contributed by atoms with Gasteiger partial charge in [0, 0.05) is 19.1 Å². The van der Waals surface area contributed by atoms with E-state index in [2.05, 4.69) is 29.6 Å². The fraction of sp³-hybridized carbons (Fsp3) is 0.600. The lowest BCUT2D eigenvalue weighted by molar-refractivity contribution is -0.134. The van der Waals surface area contributed by atoms with Crippen LogP contribution in [-0.2, 0) is 11.2 Å². The number of hydrogen-bond acceptors (Lipinski definition) is 2. The zero-order chi connectivity index (χ0) is 17.4. The number of fused-ring (bicyclic) bond motifs is 2. The van der Waals surface area contributed by atoms with E-state index in [-0.39, 0.29) is 17.4 Å². The van der Waals surface area contributed by atoms with E-state index in [0.717, 1.165) is 19.3 Å². The van der Waals surface area contributed by atoms with Gasteiger partial charge in [-0.2, -0.15) is 0 Å². The molecule has 3 fully saturated rings. The average molecular weight is 341 g/mol. The van der Waals surface area contributed by atoms with Gasteiger partial charge in [-0.15, -0.1) is 0 Å². The molecule has 5 heteroatoms. The van der Waals surface area contributed by atoms with Crippen molar-refractivity contribution in [3.63, 3.8) is 0 Å². The summed E-state index contributed by atoms with van der Waals surface area (Å²) < 4.78 is 0. The summed E-state index contributed by atoms with van der Waals surface area (Å²) in [6, 6.07) is 10.0. The molecular formula is C20H27N3O2. The summed E-state index contributed by atoms with van der Waals surface area (Å²) in [5, 5.41) is 3.26. The maximum absolute atomic E-state index is 13.3. The number of amides is 3. The predicted molar refractivity (Wildman–Crippen MR) is 95.7 cm³/mol. The Morgan fingerprint density at radius 2 is 2.00 bits per heavy atom. The second-order valence-electron chi connectivity index (χ2n) is 8.14. The summed E-state index contributed by atoms with van der Waals surface area (Å²) >= 11 is 0. The number of rotatable bonds is 4. The topological polar surface area (TPSA) is 75.4 Å². The monoisotopic (exact) mass is 341 g/mol. The molecule has 0 radical (unpaired) electrons. The standard InChI is InChI=1S/C20H27N3O2/c21-19(25)23-9-8-17(13-23)22-18(24)20(11-14-4-2-1-3-5-14)12-15-6-7-16(20)10-15/h1-5,15-17H,6-13H2,(H2,21,25)(H,22,24)/t15-,16-,17+,20-/m0/s1. The molecule has 3 aliphatic rings. The highest BCUT2D eigenvalue weighted by Crippen LogP contribution is 2.57. The summed E-state index contributed by atoms with van der Waals surface area (Å²) in [5.41, 5.74) is 6.34. The average Bonchev–Trinajstić information content (AvgIpc) is 3.31. The minimum Gasteiger partial charge on any atom is -0.351 e. The normalized spacial score (nSPS) is 33.6. The minimum atomic E-state index is -0.393. The molecule has 25 heavy (non-hydrogen) atoms. The van der Waals surface area contributed by atoms with E-state index < -0.39 is 6.03 Å². The number of benzene rings is 1. The second-order valence-corrected chi connectivity index (χ2v) is 8.14. The van der Waals surface area contributed by atoms with Crippen molar-refractivity contribution < 1.29 is 9.59 Å². The SMILES string of the molecule is NC(=O)N1CC[C@@H](NC(=O)[C@@]2(Cc3ccccc3)C[C@H]3CC[C@H]2C3)C1. The maximum Gasteiger partial charge on any atom is 0.314 e. The van der Waals surface area contributed by atoms with E-state index >= 15 is 0 Å². The van der Waals surface area contributed by atoms with Crippen LogP contribution in [0.15, 0.2) is 30.3 Å². The van der Waals surface area contributed by atoms with Crippen LogP contribution in [0.25, 0.3) is 0 Å². The molecule has 2 saturated carbocycles. The van der Waals surface area contributed by atoms with Gasteiger partial charge in [-0.1, -0.05) is 36.8 Å². The molecule has 1 heterocycles. The van der Waals surface area contributed by atoms with E-state index in [1.54, 1.807) is 4.90 Å². The van der Waals surface area contributed by atoms with Crippen LogP contribution in [0.4, 0.5) is 4.79 Å². The summed E-state index contributed by atoms with van der Waals surface area (Å²) in [7, 11) is 0. The van der Waals surface area contributed by atoms with Crippen molar-refractivity contribution in [2.45, 2.75) is 44.6 Å². The molecule has 1 saturated heterocycles. The van der Waals surface area contributed by atoms with Gasteiger partial charge >= 0.3 is 6.03 Å². The predicted octanol–water partition coefficient (Wildman–Crippen LogP) is 2.30. The van der Waals surface area contributed by atoms with Crippen molar-refractivity contribution in [1.82, 2.24) is 10.2 Å². The highest BCUT2D eigenvalue weighted by Gasteiger charge is 2.55. The van der Waals surface area contributed by atoms with Crippen molar-refractivity contribution in [3.8, 4) is 0 Å². The largest absolute Gasteiger partial charge is 0.351 e. The Kier molecular flexibility index (Phi) is 4.18. The lowest BCUT2D eigenvalue weighted by Crippen LogP contribution is -2.50. The van der Waals surface area contributed by atoms with Gasteiger partial charge < -0.3 is 16.0 Å². The molecule has 5 nitrogen and oxygen atoms in total. The van der Waals surface area contributed by atoms with E-state index in [4.69, 9.17) is 5.73 Å². The molecule has 4 atom stereocenters. The van der Waals surface area contributed by atoms with Gasteiger partial charge in [0.05, 0.1) is 5.41 Å². The first-order valence-electron chi connectivity index (χ1n) is 9.46. The molecule has 1 aliphatic heterocycles. The van der Waals surface area contributed by atoms with Gasteiger partial charge in [-0.05, 0) is 49.5 Å². The number of nitrogens with two attached hydrogens (primary N) is 1. The van der Waals surface area contributed by atoms with Crippen LogP contribution in [0.5, 0.6) is 0 Å². The third kappa shape index (κ3) is 3.00. The molecule has 1 aromatic carbocycles. The molecule has 3 N–H and O–H groups in total. The molecule has 134 valence electrons. The Morgan fingerprint density at radius 1 is 1.20 bits per heavy atom. The van der Waals surface area contributed by atoms with Crippen LogP contribution < -0.4 is 11.1 Å². The Bertz CT molecular complexity index is 662. The first kappa shape index (κ1) is 16.4. The summed E-state index contributed by atoms with van der Waals surface area (Å²) in [4.78, 5) is 26.3. The minimum absolute atomic E-state index is 0.0341. The summed E-state index contributed by atoms with van der Waals surface area (Å²) in [6.07, 6.45) is 6.26. The summed E-state index contributed by atoms with van der Waals surface area (Å²) in [6.45, 7) is 1.18. The van der Waals surface area contributed by atoms with Crippen molar-refractivity contribution in [2.24, 2.45) is 23.0 Å². The van der Waals surface area contributed by atoms with E-state index in [1.165, 1.54) is 24.8 Å². The molecule has 0 unspecified atom stereocenters. The van der Waals surface area contributed by atoms with Crippen LogP contribution in [-0.4, -0.2) is 36.0 Å². The van der Waals surface area contributed by atoms with Crippen molar-refractivity contribution in [1.29, 1.82) is 0 Å². The lowest BCUT2D eigenvalue weighted by atomic mass is 9.68. The molecule has 2 bridgehead atoms. The molecule has 0 spiro atoms. The number of carbonyl (C=O) groups excluding carboxylic acids is 2. The fourth-order valence-electron chi connectivity index (χ4n) is 5.39. The van der Waals surface area contributed by atoms with Gasteiger partial charge in [0.1, 0.15) is 0 Å². The van der Waals surface area contributed by atoms with Crippen molar-refractivity contribution >= 4 is 11.9 Å². The van der Waals surface area contributed by atoms with Crippen molar-refractivity contribution in [3.05, 3.63) is 35.9 Å². The van der Waals surface area contributed by atoms with Crippen LogP contribution in [0.1, 0.15) is 37.7 Å². The first-order chi connectivity index (χ1) is 12.1. The molecular weight excluding hydrogens is 314 g/mol. The number of nitrogens with one attached hydrogen (secondary N) is 1. The number of likely N-dealkylation sites (tertiary alicyclic amines) is 1. The highest BCUT2D eigenvalue weighted by molar-refractivity contribution is 5.84. The Labute approximate surface area is 148 Å². The van der Waals surface area contributed by atoms with E-state index in [0.29, 0.717) is 24.9 Å². The zero-order valence-corrected chi connectivity index (χ0v) is 14.6. The molecule has 2 aliphatic carbocycles. The summed E-state index contributed by atoms with van der Waals surface area (Å²) in [5.74, 6) is 1.39. The Balaban J connectivity index is 1.51. The quantitative estimate of drug-likeness (QED) is 0.882. The lowest BCUT2D eigenvalue weighted by Gasteiger charge is -2.37. The number of primary amides is 1. The first-order valence-corrected chi connectivity index (χ1v) is 9.46. The van der Waals surface area contributed by atoms with Crippen molar-refractivity contribution in [2.75, 3.05) is 13.1 Å². The fourth-order valence-corrected chi connectivity index (χ4v) is 5.39.